The van der Waals surface area contributed by atoms with Crippen LogP contribution in [-0.4, -0.2) is 37.2 Å². The molecule has 0 saturated heterocycles. The van der Waals surface area contributed by atoms with Crippen LogP contribution in [0.4, 0.5) is 0 Å². The molecule has 0 aliphatic heterocycles. The van der Waals surface area contributed by atoms with Crippen LogP contribution in [0.3, 0.4) is 0 Å². The zero-order valence-electron chi connectivity index (χ0n) is 16.6. The molecule has 0 aliphatic rings. The Kier molecular flexibility index (Phi) is 8.37. The van der Waals surface area contributed by atoms with E-state index in [0.29, 0.717) is 17.9 Å². The van der Waals surface area contributed by atoms with Gasteiger partial charge in [-0.1, -0.05) is 30.3 Å². The highest BCUT2D eigenvalue weighted by atomic mass is 16.5. The minimum absolute atomic E-state index is 0.233. The van der Waals surface area contributed by atoms with Gasteiger partial charge in [-0.05, 0) is 43.2 Å². The number of benzene rings is 2. The highest BCUT2D eigenvalue weighted by Crippen LogP contribution is 2.28. The number of aliphatic carboxylic acids is 1. The van der Waals surface area contributed by atoms with E-state index in [0.717, 1.165) is 5.56 Å². The van der Waals surface area contributed by atoms with Crippen LogP contribution in [0.2, 0.25) is 0 Å². The number of carboxylic acids is 1. The molecule has 0 fully saturated rings. The van der Waals surface area contributed by atoms with Crippen molar-refractivity contribution in [3.63, 3.8) is 0 Å². The van der Waals surface area contributed by atoms with E-state index in [1.54, 1.807) is 26.0 Å². The van der Waals surface area contributed by atoms with Crippen LogP contribution >= 0.6 is 0 Å². The van der Waals surface area contributed by atoms with Gasteiger partial charge in [0.2, 0.25) is 0 Å². The van der Waals surface area contributed by atoms with Crippen molar-refractivity contribution in [2.75, 3.05) is 13.2 Å². The monoisotopic (exact) mass is 412 g/mol. The molecule has 0 unspecified atom stereocenters. The summed E-state index contributed by atoms with van der Waals surface area (Å²) in [5, 5.41) is 16.9. The van der Waals surface area contributed by atoms with E-state index in [1.165, 1.54) is 12.3 Å². The summed E-state index contributed by atoms with van der Waals surface area (Å²) in [5.74, 6) is -2.54. The fraction of sp³-hybridized carbons (Fsp3) is 0.238. The van der Waals surface area contributed by atoms with Crippen LogP contribution in [0.25, 0.3) is 0 Å². The molecule has 0 bridgehead atoms. The number of hydrogen-bond acceptors (Lipinski definition) is 7. The lowest BCUT2D eigenvalue weighted by molar-refractivity contribution is -0.307. The van der Waals surface area contributed by atoms with Crippen molar-refractivity contribution in [1.82, 2.24) is 10.7 Å². The normalized spacial score (nSPS) is 11.5. The molecule has 2 rings (SSSR count). The summed E-state index contributed by atoms with van der Waals surface area (Å²) < 4.78 is 10.5. The molecule has 0 aromatic heterocycles. The van der Waals surface area contributed by atoms with Gasteiger partial charge in [0, 0.05) is 0 Å². The second-order valence-electron chi connectivity index (χ2n) is 6.10. The number of carboxylic acid groups (broad SMARTS) is 1. The number of amides is 2. The Morgan fingerprint density at radius 3 is 2.47 bits per heavy atom. The molecule has 2 amide bonds. The van der Waals surface area contributed by atoms with E-state index in [-0.39, 0.29) is 11.8 Å². The Labute approximate surface area is 173 Å². The van der Waals surface area contributed by atoms with Gasteiger partial charge in [-0.3, -0.25) is 9.59 Å². The average molecular weight is 412 g/mol. The van der Waals surface area contributed by atoms with Crippen molar-refractivity contribution < 1.29 is 29.0 Å². The summed E-state index contributed by atoms with van der Waals surface area (Å²) in [6.45, 7) is 3.25. The first-order valence-corrected chi connectivity index (χ1v) is 9.19. The van der Waals surface area contributed by atoms with Crippen LogP contribution in [0.15, 0.2) is 53.6 Å². The molecule has 9 nitrogen and oxygen atoms in total. The quantitative estimate of drug-likeness (QED) is 0.351. The van der Waals surface area contributed by atoms with Crippen LogP contribution in [-0.2, 0) is 14.4 Å². The number of nitrogens with one attached hydrogen (secondary N) is 2. The molecule has 0 heterocycles. The third kappa shape index (κ3) is 6.93. The zero-order chi connectivity index (χ0) is 21.9. The second kappa shape index (κ2) is 11.2. The molecular formula is C21H22N3O6-. The lowest BCUT2D eigenvalue weighted by Gasteiger charge is -2.13. The summed E-state index contributed by atoms with van der Waals surface area (Å²) in [6, 6.07) is 13.5. The predicted molar refractivity (Wildman–Crippen MR) is 107 cm³/mol. The minimum atomic E-state index is -1.36. The standard InChI is InChI=1S/C21H23N3O6/c1-3-29-18-11-15(9-10-17(18)30-13-19(25)26)12-22-24-21(28)20(27)23-14(2)16-7-5-4-6-8-16/h4-12,14H,3,13H2,1-2H3,(H,23,27)(H,24,28)(H,25,26)/p-1/b22-12-/t14-/m0/s1. The van der Waals surface area contributed by atoms with E-state index in [9.17, 15) is 19.5 Å². The van der Waals surface area contributed by atoms with Crippen LogP contribution in [0.1, 0.15) is 31.0 Å². The zero-order valence-corrected chi connectivity index (χ0v) is 16.6. The molecule has 0 saturated carbocycles. The third-order valence-electron chi connectivity index (χ3n) is 3.85. The van der Waals surface area contributed by atoms with Gasteiger partial charge in [-0.2, -0.15) is 5.10 Å². The third-order valence-corrected chi connectivity index (χ3v) is 3.85. The van der Waals surface area contributed by atoms with Crippen LogP contribution < -0.4 is 25.3 Å². The Hall–Kier alpha value is -3.88. The van der Waals surface area contributed by atoms with Crippen molar-refractivity contribution in [3.05, 3.63) is 59.7 Å². The summed E-state index contributed by atoms with van der Waals surface area (Å²) in [7, 11) is 0. The molecular weight excluding hydrogens is 390 g/mol. The molecule has 158 valence electrons. The molecule has 2 aromatic carbocycles. The maximum atomic E-state index is 12.0. The maximum absolute atomic E-state index is 12.0. The summed E-state index contributed by atoms with van der Waals surface area (Å²) in [4.78, 5) is 34.5. The Morgan fingerprint density at radius 1 is 1.07 bits per heavy atom. The first-order valence-electron chi connectivity index (χ1n) is 9.19. The lowest BCUT2D eigenvalue weighted by atomic mass is 10.1. The molecule has 0 aliphatic carbocycles. The Bertz CT molecular complexity index is 914. The largest absolute Gasteiger partial charge is 0.546 e. The van der Waals surface area contributed by atoms with Gasteiger partial charge in [-0.25, -0.2) is 5.43 Å². The number of ether oxygens (including phenoxy) is 2. The van der Waals surface area contributed by atoms with E-state index >= 15 is 0 Å². The van der Waals surface area contributed by atoms with Crippen LogP contribution in [0, 0.1) is 0 Å². The summed E-state index contributed by atoms with van der Waals surface area (Å²) >= 11 is 0. The highest BCUT2D eigenvalue weighted by Gasteiger charge is 2.16. The molecule has 1 atom stereocenters. The van der Waals surface area contributed by atoms with Crippen molar-refractivity contribution in [1.29, 1.82) is 0 Å². The molecule has 2 aromatic rings. The number of carbonyl (C=O) groups excluding carboxylic acids is 3. The predicted octanol–water partition coefficient (Wildman–Crippen LogP) is 0.541. The molecule has 2 N–H and O–H groups in total. The van der Waals surface area contributed by atoms with E-state index in [2.05, 4.69) is 15.8 Å². The van der Waals surface area contributed by atoms with Gasteiger partial charge >= 0.3 is 11.8 Å². The van der Waals surface area contributed by atoms with E-state index in [1.807, 2.05) is 30.3 Å². The smallest absolute Gasteiger partial charge is 0.329 e. The topological polar surface area (TPSA) is 129 Å². The van der Waals surface area contributed by atoms with E-state index in [4.69, 9.17) is 9.47 Å². The number of nitrogens with zero attached hydrogens (tertiary/aromatic N) is 1. The van der Waals surface area contributed by atoms with Gasteiger partial charge in [0.15, 0.2) is 11.5 Å². The molecule has 30 heavy (non-hydrogen) atoms. The SMILES string of the molecule is CCOc1cc(/C=N\NC(=O)C(=O)N[C@@H](C)c2ccccc2)ccc1OCC(=O)[O-]. The second-order valence-corrected chi connectivity index (χ2v) is 6.10. The van der Waals surface area contributed by atoms with E-state index < -0.39 is 24.4 Å². The molecule has 0 radical (unpaired) electrons. The minimum Gasteiger partial charge on any atom is -0.546 e. The van der Waals surface area contributed by atoms with Gasteiger partial charge in [0.1, 0.15) is 6.61 Å². The maximum Gasteiger partial charge on any atom is 0.329 e. The number of hydrazone groups is 1. The fourth-order valence-electron chi connectivity index (χ4n) is 2.43. The summed E-state index contributed by atoms with van der Waals surface area (Å²) in [5.41, 5.74) is 3.56. The van der Waals surface area contributed by atoms with Crippen molar-refractivity contribution in [2.24, 2.45) is 5.10 Å². The van der Waals surface area contributed by atoms with Gasteiger partial charge in [0.05, 0.1) is 24.8 Å². The van der Waals surface area contributed by atoms with Gasteiger partial charge < -0.3 is 24.7 Å². The number of carbonyl (C=O) groups is 3. The first kappa shape index (κ1) is 22.4. The number of hydrogen-bond donors (Lipinski definition) is 2. The number of rotatable bonds is 9. The van der Waals surface area contributed by atoms with Gasteiger partial charge in [-0.15, -0.1) is 0 Å². The Balaban J connectivity index is 1.94. The molecule has 9 heteroatoms. The van der Waals surface area contributed by atoms with Crippen molar-refractivity contribution in [2.45, 2.75) is 19.9 Å². The highest BCUT2D eigenvalue weighted by molar-refractivity contribution is 6.35. The average Bonchev–Trinajstić information content (AvgIpc) is 2.73. The molecule has 0 spiro atoms. The summed E-state index contributed by atoms with van der Waals surface area (Å²) in [6.07, 6.45) is 1.32. The van der Waals surface area contributed by atoms with Crippen LogP contribution in [0.5, 0.6) is 11.5 Å². The lowest BCUT2D eigenvalue weighted by Crippen LogP contribution is -2.39. The Morgan fingerprint density at radius 2 is 1.80 bits per heavy atom. The first-order chi connectivity index (χ1) is 14.4. The van der Waals surface area contributed by atoms with Crippen molar-refractivity contribution >= 4 is 24.0 Å². The fourth-order valence-corrected chi connectivity index (χ4v) is 2.43. The van der Waals surface area contributed by atoms with Crippen molar-refractivity contribution in [3.8, 4) is 11.5 Å². The van der Waals surface area contributed by atoms with Gasteiger partial charge in [0.25, 0.3) is 0 Å².